The number of aliphatic hydroxyl groups is 1. The van der Waals surface area contributed by atoms with E-state index in [4.69, 9.17) is 4.42 Å². The van der Waals surface area contributed by atoms with Gasteiger partial charge in [-0.3, -0.25) is 4.79 Å². The van der Waals surface area contributed by atoms with E-state index in [0.29, 0.717) is 41.1 Å². The fourth-order valence-electron chi connectivity index (χ4n) is 3.91. The van der Waals surface area contributed by atoms with Crippen LogP contribution < -0.4 is 16.0 Å². The largest absolute Gasteiger partial charge is 0.441 e. The van der Waals surface area contributed by atoms with Crippen molar-refractivity contribution in [1.29, 1.82) is 0 Å². The lowest BCUT2D eigenvalue weighted by atomic mass is 10.00. The molecule has 1 atom stereocenters. The number of nitrogens with one attached hydrogen (secondary N) is 3. The first-order valence-corrected chi connectivity index (χ1v) is 11.0. The monoisotopic (exact) mass is 456 g/mol. The van der Waals surface area contributed by atoms with Gasteiger partial charge >= 0.3 is 0 Å². The third-order valence-electron chi connectivity index (χ3n) is 5.62. The first kappa shape index (κ1) is 21.6. The van der Waals surface area contributed by atoms with Gasteiger partial charge in [-0.2, -0.15) is 4.98 Å². The molecule has 0 saturated heterocycles. The Morgan fingerprint density at radius 2 is 1.97 bits per heavy atom. The quantitative estimate of drug-likeness (QED) is 0.332. The first-order chi connectivity index (χ1) is 16.6. The van der Waals surface area contributed by atoms with Gasteiger partial charge in [0.2, 0.25) is 11.8 Å². The van der Waals surface area contributed by atoms with E-state index in [9.17, 15) is 9.90 Å². The first-order valence-electron chi connectivity index (χ1n) is 11.0. The van der Waals surface area contributed by atoms with Gasteiger partial charge in [-0.1, -0.05) is 30.3 Å². The van der Waals surface area contributed by atoms with Gasteiger partial charge in [-0.25, -0.2) is 9.97 Å². The molecule has 0 aliphatic carbocycles. The van der Waals surface area contributed by atoms with E-state index in [1.165, 1.54) is 0 Å². The highest BCUT2D eigenvalue weighted by atomic mass is 16.4. The highest BCUT2D eigenvalue weighted by Gasteiger charge is 2.20. The number of carbonyl (C=O) groups excluding carboxylic acids is 1. The Labute approximate surface area is 196 Å². The lowest BCUT2D eigenvalue weighted by molar-refractivity contribution is 0.0946. The zero-order valence-corrected chi connectivity index (χ0v) is 18.6. The predicted molar refractivity (Wildman–Crippen MR) is 128 cm³/mol. The molecule has 1 aliphatic heterocycles. The van der Waals surface area contributed by atoms with E-state index in [1.54, 1.807) is 18.5 Å². The van der Waals surface area contributed by atoms with Gasteiger partial charge in [0.05, 0.1) is 24.4 Å². The van der Waals surface area contributed by atoms with Gasteiger partial charge in [0.15, 0.2) is 0 Å². The normalized spacial score (nSPS) is 13.6. The maximum Gasteiger partial charge on any atom is 0.251 e. The zero-order chi connectivity index (χ0) is 23.5. The van der Waals surface area contributed by atoms with Crippen LogP contribution in [0.4, 0.5) is 17.5 Å². The molecule has 0 radical (unpaired) electrons. The molecule has 0 bridgehead atoms. The van der Waals surface area contributed by atoms with Gasteiger partial charge in [0, 0.05) is 24.0 Å². The molecule has 9 heteroatoms. The summed E-state index contributed by atoms with van der Waals surface area (Å²) >= 11 is 0. The van der Waals surface area contributed by atoms with Gasteiger partial charge in [0.25, 0.3) is 5.91 Å². The molecule has 2 aromatic carbocycles. The van der Waals surface area contributed by atoms with E-state index in [2.05, 4.69) is 30.9 Å². The average Bonchev–Trinajstić information content (AvgIpc) is 3.29. The molecule has 3 heterocycles. The number of fused-ring (bicyclic) bond motifs is 1. The fourth-order valence-corrected chi connectivity index (χ4v) is 3.91. The average molecular weight is 457 g/mol. The Kier molecular flexibility index (Phi) is 5.92. The Morgan fingerprint density at radius 3 is 2.74 bits per heavy atom. The van der Waals surface area contributed by atoms with Gasteiger partial charge in [0.1, 0.15) is 11.6 Å². The molecule has 1 aliphatic rings. The number of aryl methyl sites for hydroxylation is 1. The molecule has 4 N–H and O–H groups in total. The molecular formula is C25H24N6O3. The Hall–Kier alpha value is -4.24. The Morgan fingerprint density at radius 1 is 1.12 bits per heavy atom. The second-order valence-corrected chi connectivity index (χ2v) is 8.02. The van der Waals surface area contributed by atoms with Crippen LogP contribution in [0.3, 0.4) is 0 Å². The van der Waals surface area contributed by atoms with Crippen molar-refractivity contribution in [3.05, 3.63) is 83.4 Å². The number of oxazole rings is 1. The number of anilines is 3. The molecule has 0 fully saturated rings. The molecule has 2 aromatic heterocycles. The van der Waals surface area contributed by atoms with Crippen molar-refractivity contribution >= 4 is 23.4 Å². The standard InChI is InChI=1S/C25H24N6O3/c1-15-12-27-24(34-15)20-13-28-25(29-18-7-8-19-17(11-18)9-10-26-23(19)33)31-22(20)30-21(14-32)16-5-3-2-4-6-16/h2-8,11-13,21,32H,9-10,14H2,1H3,(H,26,33)(H2,28,29,30,31)/t21-/m1/s1. The maximum atomic E-state index is 12.0. The molecule has 0 unspecified atom stereocenters. The van der Waals surface area contributed by atoms with Crippen molar-refractivity contribution in [2.45, 2.75) is 19.4 Å². The van der Waals surface area contributed by atoms with Crippen LogP contribution in [-0.2, 0) is 6.42 Å². The smallest absolute Gasteiger partial charge is 0.251 e. The number of hydrogen-bond acceptors (Lipinski definition) is 8. The van der Waals surface area contributed by atoms with Gasteiger partial charge in [-0.05, 0) is 42.7 Å². The minimum atomic E-state index is -0.388. The highest BCUT2D eigenvalue weighted by molar-refractivity contribution is 5.97. The molecule has 9 nitrogen and oxygen atoms in total. The van der Waals surface area contributed by atoms with E-state index in [1.807, 2.05) is 49.4 Å². The highest BCUT2D eigenvalue weighted by Crippen LogP contribution is 2.30. The van der Waals surface area contributed by atoms with E-state index in [0.717, 1.165) is 23.2 Å². The van der Waals surface area contributed by atoms with Crippen LogP contribution in [0.5, 0.6) is 0 Å². The SMILES string of the molecule is Cc1cnc(-c2cnc(Nc3ccc4c(c3)CCNC4=O)nc2N[C@H](CO)c2ccccc2)o1. The summed E-state index contributed by atoms with van der Waals surface area (Å²) in [5, 5.41) is 19.4. The third kappa shape index (κ3) is 4.46. The van der Waals surface area contributed by atoms with Crippen LogP contribution in [-0.4, -0.2) is 39.1 Å². The summed E-state index contributed by atoms with van der Waals surface area (Å²) in [6.45, 7) is 2.30. The van der Waals surface area contributed by atoms with Crippen LogP contribution in [0, 0.1) is 6.92 Å². The molecule has 5 rings (SSSR count). The summed E-state index contributed by atoms with van der Waals surface area (Å²) in [6.07, 6.45) is 4.03. The topological polar surface area (TPSA) is 125 Å². The van der Waals surface area contributed by atoms with E-state index in [-0.39, 0.29) is 18.6 Å². The number of rotatable bonds is 7. The molecule has 0 spiro atoms. The van der Waals surface area contributed by atoms with Crippen LogP contribution in [0.25, 0.3) is 11.5 Å². The second-order valence-electron chi connectivity index (χ2n) is 8.02. The number of benzene rings is 2. The lowest BCUT2D eigenvalue weighted by Gasteiger charge is -2.20. The van der Waals surface area contributed by atoms with Crippen molar-refractivity contribution in [3.8, 4) is 11.5 Å². The minimum Gasteiger partial charge on any atom is -0.441 e. The second kappa shape index (κ2) is 9.32. The summed E-state index contributed by atoms with van der Waals surface area (Å²) in [6, 6.07) is 14.8. The zero-order valence-electron chi connectivity index (χ0n) is 18.6. The molecule has 0 saturated carbocycles. The number of hydrogen-bond donors (Lipinski definition) is 4. The maximum absolute atomic E-state index is 12.0. The van der Waals surface area contributed by atoms with Crippen molar-refractivity contribution in [2.75, 3.05) is 23.8 Å². The van der Waals surface area contributed by atoms with Crippen LogP contribution in [0.2, 0.25) is 0 Å². The van der Waals surface area contributed by atoms with Crippen LogP contribution in [0.15, 0.2) is 65.3 Å². The van der Waals surface area contributed by atoms with Gasteiger partial charge in [-0.15, -0.1) is 0 Å². The van der Waals surface area contributed by atoms with Crippen molar-refractivity contribution < 1.29 is 14.3 Å². The number of carbonyl (C=O) groups is 1. The lowest BCUT2D eigenvalue weighted by Crippen LogP contribution is -2.31. The summed E-state index contributed by atoms with van der Waals surface area (Å²) in [5.74, 6) is 1.83. The summed E-state index contributed by atoms with van der Waals surface area (Å²) in [5.41, 5.74) is 3.93. The van der Waals surface area contributed by atoms with Crippen LogP contribution in [0.1, 0.15) is 33.3 Å². The summed E-state index contributed by atoms with van der Waals surface area (Å²) in [7, 11) is 0. The minimum absolute atomic E-state index is 0.0583. The number of aliphatic hydroxyl groups excluding tert-OH is 1. The molecule has 4 aromatic rings. The van der Waals surface area contributed by atoms with Crippen molar-refractivity contribution in [1.82, 2.24) is 20.3 Å². The Balaban J connectivity index is 1.48. The number of nitrogens with zero attached hydrogens (tertiary/aromatic N) is 3. The van der Waals surface area contributed by atoms with Crippen molar-refractivity contribution in [3.63, 3.8) is 0 Å². The fraction of sp³-hybridized carbons (Fsp3) is 0.200. The van der Waals surface area contributed by atoms with Crippen LogP contribution >= 0.6 is 0 Å². The van der Waals surface area contributed by atoms with E-state index >= 15 is 0 Å². The Bertz CT molecular complexity index is 1320. The van der Waals surface area contributed by atoms with Crippen molar-refractivity contribution in [2.24, 2.45) is 0 Å². The molecular weight excluding hydrogens is 432 g/mol. The number of amides is 1. The number of aromatic nitrogens is 3. The molecule has 172 valence electrons. The third-order valence-corrected chi connectivity index (χ3v) is 5.62. The summed E-state index contributed by atoms with van der Waals surface area (Å²) in [4.78, 5) is 25.5. The predicted octanol–water partition coefficient (Wildman–Crippen LogP) is 3.62. The molecule has 1 amide bonds. The molecule has 34 heavy (non-hydrogen) atoms. The summed E-state index contributed by atoms with van der Waals surface area (Å²) < 4.78 is 5.71. The van der Waals surface area contributed by atoms with Gasteiger partial charge < -0.3 is 25.5 Å². The van der Waals surface area contributed by atoms with E-state index < -0.39 is 0 Å².